The van der Waals surface area contributed by atoms with Crippen molar-refractivity contribution in [2.75, 3.05) is 0 Å². The monoisotopic (exact) mass is 253 g/mol. The molecular formula is C13H19NO2S. The van der Waals surface area contributed by atoms with Crippen molar-refractivity contribution in [1.29, 1.82) is 0 Å². The maximum Gasteiger partial charge on any atom is 0.261 e. The van der Waals surface area contributed by atoms with Gasteiger partial charge < -0.3 is 10.4 Å². The van der Waals surface area contributed by atoms with E-state index in [0.29, 0.717) is 0 Å². The van der Waals surface area contributed by atoms with Gasteiger partial charge in [-0.2, -0.15) is 0 Å². The van der Waals surface area contributed by atoms with Gasteiger partial charge in [-0.25, -0.2) is 0 Å². The maximum absolute atomic E-state index is 12.0. The molecule has 1 aliphatic carbocycles. The van der Waals surface area contributed by atoms with E-state index in [1.54, 1.807) is 0 Å². The molecule has 0 aliphatic heterocycles. The second-order valence-corrected chi connectivity index (χ2v) is 6.04. The van der Waals surface area contributed by atoms with Crippen molar-refractivity contribution in [3.05, 3.63) is 21.4 Å². The first kappa shape index (κ1) is 12.6. The Hall–Kier alpha value is -0.870. The molecule has 2 N–H and O–H groups in total. The summed E-state index contributed by atoms with van der Waals surface area (Å²) < 4.78 is 0. The molecule has 2 atom stereocenters. The summed E-state index contributed by atoms with van der Waals surface area (Å²) in [5, 5.41) is 12.8. The van der Waals surface area contributed by atoms with Gasteiger partial charge in [-0.05, 0) is 38.3 Å². The van der Waals surface area contributed by atoms with Crippen molar-refractivity contribution in [1.82, 2.24) is 5.32 Å². The van der Waals surface area contributed by atoms with Crippen molar-refractivity contribution < 1.29 is 9.90 Å². The molecule has 1 saturated carbocycles. The van der Waals surface area contributed by atoms with Crippen LogP contribution in [0.4, 0.5) is 0 Å². The third-order valence-electron chi connectivity index (χ3n) is 3.44. The summed E-state index contributed by atoms with van der Waals surface area (Å²) in [5.74, 6) is -0.0443. The van der Waals surface area contributed by atoms with Crippen LogP contribution in [0.15, 0.2) is 6.07 Å². The third-order valence-corrected chi connectivity index (χ3v) is 4.59. The molecule has 0 bridgehead atoms. The molecule has 2 rings (SSSR count). The number of amides is 1. The summed E-state index contributed by atoms with van der Waals surface area (Å²) in [7, 11) is 0. The zero-order valence-corrected chi connectivity index (χ0v) is 11.1. The number of rotatable bonds is 2. The van der Waals surface area contributed by atoms with Crippen molar-refractivity contribution in [2.45, 2.75) is 51.7 Å². The predicted molar refractivity (Wildman–Crippen MR) is 69.5 cm³/mol. The van der Waals surface area contributed by atoms with E-state index in [2.05, 4.69) is 5.32 Å². The van der Waals surface area contributed by atoms with E-state index >= 15 is 0 Å². The van der Waals surface area contributed by atoms with Gasteiger partial charge in [-0.15, -0.1) is 11.3 Å². The molecule has 94 valence electrons. The fourth-order valence-corrected chi connectivity index (χ4v) is 3.14. The zero-order valence-electron chi connectivity index (χ0n) is 10.3. The van der Waals surface area contributed by atoms with Crippen LogP contribution in [0.1, 0.15) is 45.8 Å². The maximum atomic E-state index is 12.0. The van der Waals surface area contributed by atoms with E-state index in [0.717, 1.165) is 36.1 Å². The molecule has 1 aromatic heterocycles. The summed E-state index contributed by atoms with van der Waals surface area (Å²) in [4.78, 5) is 13.9. The fraction of sp³-hybridized carbons (Fsp3) is 0.615. The highest BCUT2D eigenvalue weighted by Gasteiger charge is 2.25. The molecule has 1 aliphatic rings. The van der Waals surface area contributed by atoms with Crippen LogP contribution in [0.3, 0.4) is 0 Å². The lowest BCUT2D eigenvalue weighted by molar-refractivity contribution is 0.0720. The Bertz CT molecular complexity index is 394. The second-order valence-electron chi connectivity index (χ2n) is 4.78. The van der Waals surface area contributed by atoms with E-state index in [1.165, 1.54) is 16.2 Å². The van der Waals surface area contributed by atoms with Gasteiger partial charge in [0.25, 0.3) is 5.91 Å². The molecule has 1 fully saturated rings. The van der Waals surface area contributed by atoms with Crippen molar-refractivity contribution in [3.8, 4) is 0 Å². The lowest BCUT2D eigenvalue weighted by Gasteiger charge is -2.28. The first-order valence-electron chi connectivity index (χ1n) is 6.14. The van der Waals surface area contributed by atoms with E-state index in [1.807, 2.05) is 19.9 Å². The van der Waals surface area contributed by atoms with Gasteiger partial charge in [-0.3, -0.25) is 4.79 Å². The number of aliphatic hydroxyl groups excluding tert-OH is 1. The molecule has 17 heavy (non-hydrogen) atoms. The van der Waals surface area contributed by atoms with Crippen molar-refractivity contribution in [2.24, 2.45) is 0 Å². The molecule has 0 spiro atoms. The van der Waals surface area contributed by atoms with E-state index in [4.69, 9.17) is 0 Å². The van der Waals surface area contributed by atoms with Gasteiger partial charge in [0, 0.05) is 4.88 Å². The topological polar surface area (TPSA) is 49.3 Å². The van der Waals surface area contributed by atoms with Crippen LogP contribution in [0, 0.1) is 13.8 Å². The van der Waals surface area contributed by atoms with Gasteiger partial charge in [0.2, 0.25) is 0 Å². The zero-order chi connectivity index (χ0) is 12.4. The minimum absolute atomic E-state index is 0.0443. The normalized spacial score (nSPS) is 24.6. The number of aliphatic hydroxyl groups is 1. The predicted octanol–water partition coefficient (Wildman–Crippen LogP) is 2.40. The largest absolute Gasteiger partial charge is 0.391 e. The summed E-state index contributed by atoms with van der Waals surface area (Å²) >= 11 is 1.52. The van der Waals surface area contributed by atoms with Crippen LogP contribution in [0.2, 0.25) is 0 Å². The average molecular weight is 253 g/mol. The number of hydrogen-bond acceptors (Lipinski definition) is 3. The molecule has 0 radical (unpaired) electrons. The third kappa shape index (κ3) is 2.87. The molecule has 1 amide bonds. The SMILES string of the molecule is Cc1cc(C(=O)N[C@H]2CCCC[C@@H]2O)sc1C. The number of nitrogens with one attached hydrogen (secondary N) is 1. The Morgan fingerprint density at radius 3 is 2.71 bits per heavy atom. The smallest absolute Gasteiger partial charge is 0.261 e. The number of hydrogen-bond donors (Lipinski definition) is 2. The Morgan fingerprint density at radius 2 is 2.12 bits per heavy atom. The summed E-state index contributed by atoms with van der Waals surface area (Å²) in [6, 6.07) is 1.85. The van der Waals surface area contributed by atoms with Crippen LogP contribution >= 0.6 is 11.3 Å². The molecule has 0 aromatic carbocycles. The summed E-state index contributed by atoms with van der Waals surface area (Å²) in [6.07, 6.45) is 3.45. The lowest BCUT2D eigenvalue weighted by Crippen LogP contribution is -2.44. The van der Waals surface area contributed by atoms with Crippen LogP contribution in [-0.2, 0) is 0 Å². The van der Waals surface area contributed by atoms with E-state index in [-0.39, 0.29) is 18.1 Å². The molecular weight excluding hydrogens is 234 g/mol. The standard InChI is InChI=1S/C13H19NO2S/c1-8-7-12(17-9(8)2)13(16)14-10-5-3-4-6-11(10)15/h7,10-11,15H,3-6H2,1-2H3,(H,14,16)/t10-,11-/m0/s1. The lowest BCUT2D eigenvalue weighted by atomic mass is 9.92. The highest BCUT2D eigenvalue weighted by Crippen LogP contribution is 2.22. The first-order valence-corrected chi connectivity index (χ1v) is 6.95. The van der Waals surface area contributed by atoms with Crippen molar-refractivity contribution in [3.63, 3.8) is 0 Å². The summed E-state index contributed by atoms with van der Waals surface area (Å²) in [5.41, 5.74) is 1.16. The number of carbonyl (C=O) groups is 1. The Morgan fingerprint density at radius 1 is 1.41 bits per heavy atom. The highest BCUT2D eigenvalue weighted by molar-refractivity contribution is 7.14. The van der Waals surface area contributed by atoms with Crippen LogP contribution in [-0.4, -0.2) is 23.2 Å². The van der Waals surface area contributed by atoms with Crippen LogP contribution in [0.25, 0.3) is 0 Å². The number of carbonyl (C=O) groups excluding carboxylic acids is 1. The van der Waals surface area contributed by atoms with Gasteiger partial charge in [-0.1, -0.05) is 12.8 Å². The number of aryl methyl sites for hydroxylation is 2. The second kappa shape index (κ2) is 5.19. The Kier molecular flexibility index (Phi) is 3.84. The van der Waals surface area contributed by atoms with E-state index in [9.17, 15) is 9.90 Å². The minimum atomic E-state index is -0.380. The van der Waals surface area contributed by atoms with Crippen LogP contribution in [0.5, 0.6) is 0 Å². The van der Waals surface area contributed by atoms with Gasteiger partial charge in [0.15, 0.2) is 0 Å². The van der Waals surface area contributed by atoms with Gasteiger partial charge in [0.05, 0.1) is 17.0 Å². The quantitative estimate of drug-likeness (QED) is 0.850. The molecule has 4 heteroatoms. The molecule has 0 saturated heterocycles. The molecule has 1 aromatic rings. The highest BCUT2D eigenvalue weighted by atomic mass is 32.1. The average Bonchev–Trinajstić information content (AvgIpc) is 2.63. The molecule has 0 unspecified atom stereocenters. The first-order chi connectivity index (χ1) is 8.08. The Labute approximate surface area is 106 Å². The van der Waals surface area contributed by atoms with E-state index < -0.39 is 0 Å². The minimum Gasteiger partial charge on any atom is -0.391 e. The van der Waals surface area contributed by atoms with Gasteiger partial charge >= 0.3 is 0 Å². The fourth-order valence-electron chi connectivity index (χ4n) is 2.20. The Balaban J connectivity index is 2.01. The molecule has 1 heterocycles. The molecule has 3 nitrogen and oxygen atoms in total. The van der Waals surface area contributed by atoms with Gasteiger partial charge in [0.1, 0.15) is 0 Å². The number of thiophene rings is 1. The summed E-state index contributed by atoms with van der Waals surface area (Å²) in [6.45, 7) is 4.03. The van der Waals surface area contributed by atoms with Crippen LogP contribution < -0.4 is 5.32 Å². The van der Waals surface area contributed by atoms with Crippen molar-refractivity contribution >= 4 is 17.2 Å².